The monoisotopic (exact) mass is 458 g/mol. The minimum Gasteiger partial charge on any atom is -0.343 e. The van der Waals surface area contributed by atoms with E-state index in [0.29, 0.717) is 23.4 Å². The smallest absolute Gasteiger partial charge is 0.274 e. The van der Waals surface area contributed by atoms with Crippen molar-refractivity contribution < 1.29 is 9.63 Å². The molecule has 0 aliphatic heterocycles. The SMILES string of the molecule is CONC(=O)c1ccc(C)c(Nc2nc(N(C)CCN(C)C)nc(N(C)CC(C)(C)C)n2)c1. The molecule has 0 fully saturated rings. The van der Waals surface area contributed by atoms with E-state index in [1.54, 1.807) is 12.1 Å². The molecule has 0 unspecified atom stereocenters. The van der Waals surface area contributed by atoms with Gasteiger partial charge in [-0.25, -0.2) is 5.48 Å². The second kappa shape index (κ2) is 11.2. The number of hydrogen-bond acceptors (Lipinski definition) is 9. The van der Waals surface area contributed by atoms with Crippen molar-refractivity contribution in [2.45, 2.75) is 27.7 Å². The second-order valence-corrected chi connectivity index (χ2v) is 9.69. The number of aryl methyl sites for hydroxylation is 1. The molecule has 1 amide bonds. The Morgan fingerprint density at radius 1 is 1.00 bits per heavy atom. The third-order valence-electron chi connectivity index (χ3n) is 4.83. The lowest BCUT2D eigenvalue weighted by Crippen LogP contribution is -2.33. The summed E-state index contributed by atoms with van der Waals surface area (Å²) in [6.45, 7) is 10.9. The van der Waals surface area contributed by atoms with Crippen molar-refractivity contribution in [1.29, 1.82) is 0 Å². The predicted molar refractivity (Wildman–Crippen MR) is 133 cm³/mol. The Kier molecular flexibility index (Phi) is 8.95. The standard InChI is InChI=1S/C23H38N8O2/c1-16-10-11-17(19(32)28-33-9)14-18(16)24-20-25-21(30(7)13-12-29(5)6)27-22(26-20)31(8)15-23(2,3)4/h10-11,14H,12-13,15H2,1-9H3,(H,28,32)(H,24,25,26,27). The van der Waals surface area contributed by atoms with Crippen molar-refractivity contribution in [1.82, 2.24) is 25.3 Å². The van der Waals surface area contributed by atoms with Crippen LogP contribution in [-0.2, 0) is 4.84 Å². The summed E-state index contributed by atoms with van der Waals surface area (Å²) in [5.74, 6) is 1.25. The zero-order valence-corrected chi connectivity index (χ0v) is 21.4. The van der Waals surface area contributed by atoms with Crippen LogP contribution in [0.15, 0.2) is 18.2 Å². The van der Waals surface area contributed by atoms with Gasteiger partial charge in [-0.3, -0.25) is 9.63 Å². The van der Waals surface area contributed by atoms with Crippen molar-refractivity contribution in [2.24, 2.45) is 5.41 Å². The maximum absolute atomic E-state index is 12.2. The molecule has 10 heteroatoms. The van der Waals surface area contributed by atoms with Crippen molar-refractivity contribution in [3.05, 3.63) is 29.3 Å². The fourth-order valence-corrected chi connectivity index (χ4v) is 3.15. The number of likely N-dealkylation sites (N-methyl/N-ethyl adjacent to an activating group) is 2. The molecule has 1 aromatic heterocycles. The van der Waals surface area contributed by atoms with Crippen molar-refractivity contribution in [3.8, 4) is 0 Å². The van der Waals surface area contributed by atoms with Crippen LogP contribution < -0.4 is 20.6 Å². The van der Waals surface area contributed by atoms with Gasteiger partial charge in [0.1, 0.15) is 0 Å². The maximum atomic E-state index is 12.2. The molecule has 0 atom stereocenters. The maximum Gasteiger partial charge on any atom is 0.274 e. The molecule has 0 aliphatic carbocycles. The molecular formula is C23H38N8O2. The van der Waals surface area contributed by atoms with Crippen LogP contribution in [0, 0.1) is 12.3 Å². The summed E-state index contributed by atoms with van der Waals surface area (Å²) in [4.78, 5) is 37.1. The molecule has 2 aromatic rings. The third-order valence-corrected chi connectivity index (χ3v) is 4.83. The van der Waals surface area contributed by atoms with Gasteiger partial charge >= 0.3 is 0 Å². The van der Waals surface area contributed by atoms with Crippen LogP contribution in [0.3, 0.4) is 0 Å². The van der Waals surface area contributed by atoms with Crippen LogP contribution in [0.25, 0.3) is 0 Å². The Labute approximate surface area is 197 Å². The molecule has 0 radical (unpaired) electrons. The topological polar surface area (TPSA) is 98.7 Å². The fourth-order valence-electron chi connectivity index (χ4n) is 3.15. The minimum absolute atomic E-state index is 0.0750. The predicted octanol–water partition coefficient (Wildman–Crippen LogP) is 2.69. The van der Waals surface area contributed by atoms with Gasteiger partial charge in [0.15, 0.2) is 0 Å². The van der Waals surface area contributed by atoms with Gasteiger partial charge < -0.3 is 20.0 Å². The van der Waals surface area contributed by atoms with Crippen LogP contribution in [0.4, 0.5) is 23.5 Å². The van der Waals surface area contributed by atoms with Gasteiger partial charge in [-0.2, -0.15) is 15.0 Å². The lowest BCUT2D eigenvalue weighted by atomic mass is 9.96. The van der Waals surface area contributed by atoms with Crippen LogP contribution in [0.1, 0.15) is 36.7 Å². The Balaban J connectivity index is 2.42. The number of hydroxylamine groups is 1. The molecular weight excluding hydrogens is 420 g/mol. The van der Waals surface area contributed by atoms with Crippen molar-refractivity contribution in [2.75, 3.05) is 70.1 Å². The highest BCUT2D eigenvalue weighted by Gasteiger charge is 2.19. The van der Waals surface area contributed by atoms with Gasteiger partial charge in [0, 0.05) is 45.0 Å². The molecule has 0 aliphatic rings. The summed E-state index contributed by atoms with van der Waals surface area (Å²) in [5, 5.41) is 3.28. The van der Waals surface area contributed by atoms with Gasteiger partial charge in [0.05, 0.1) is 7.11 Å². The average Bonchev–Trinajstić information content (AvgIpc) is 2.72. The largest absolute Gasteiger partial charge is 0.343 e. The summed E-state index contributed by atoms with van der Waals surface area (Å²) in [6, 6.07) is 5.36. The van der Waals surface area contributed by atoms with Gasteiger partial charge in [0.2, 0.25) is 17.8 Å². The van der Waals surface area contributed by atoms with E-state index in [1.165, 1.54) is 7.11 Å². The van der Waals surface area contributed by atoms with Gasteiger partial charge in [-0.05, 0) is 44.1 Å². The first-order valence-corrected chi connectivity index (χ1v) is 10.9. The molecule has 0 bridgehead atoms. The van der Waals surface area contributed by atoms with Crippen LogP contribution >= 0.6 is 0 Å². The normalized spacial score (nSPS) is 11.5. The van der Waals surface area contributed by atoms with E-state index in [-0.39, 0.29) is 11.3 Å². The first kappa shape index (κ1) is 26.3. The molecule has 0 saturated carbocycles. The van der Waals surface area contributed by atoms with Crippen LogP contribution in [0.5, 0.6) is 0 Å². The highest BCUT2D eigenvalue weighted by atomic mass is 16.6. The van der Waals surface area contributed by atoms with E-state index in [4.69, 9.17) is 9.82 Å². The van der Waals surface area contributed by atoms with E-state index >= 15 is 0 Å². The lowest BCUT2D eigenvalue weighted by Gasteiger charge is -2.28. The fraction of sp³-hybridized carbons (Fsp3) is 0.565. The number of amides is 1. The summed E-state index contributed by atoms with van der Waals surface area (Å²) in [5.41, 5.74) is 4.57. The van der Waals surface area contributed by atoms with E-state index in [1.807, 2.05) is 51.0 Å². The second-order valence-electron chi connectivity index (χ2n) is 9.69. The summed E-state index contributed by atoms with van der Waals surface area (Å²) < 4.78 is 0. The zero-order chi connectivity index (χ0) is 24.8. The third kappa shape index (κ3) is 8.14. The molecule has 2 rings (SSSR count). The van der Waals surface area contributed by atoms with Crippen LogP contribution in [-0.4, -0.2) is 80.7 Å². The van der Waals surface area contributed by atoms with Gasteiger partial charge in [-0.1, -0.05) is 26.8 Å². The van der Waals surface area contributed by atoms with Crippen molar-refractivity contribution >= 4 is 29.4 Å². The molecule has 0 saturated heterocycles. The molecule has 0 spiro atoms. The Bertz CT molecular complexity index is 943. The average molecular weight is 459 g/mol. The van der Waals surface area contributed by atoms with E-state index < -0.39 is 0 Å². The van der Waals surface area contributed by atoms with E-state index in [2.05, 4.69) is 46.4 Å². The Hall–Kier alpha value is -2.98. The number of carbonyl (C=O) groups is 1. The number of benzene rings is 1. The van der Waals surface area contributed by atoms with Gasteiger partial charge in [-0.15, -0.1) is 0 Å². The molecule has 2 N–H and O–H groups in total. The molecule has 33 heavy (non-hydrogen) atoms. The molecule has 1 heterocycles. The quantitative estimate of drug-likeness (QED) is 0.521. The summed E-state index contributed by atoms with van der Waals surface area (Å²) >= 11 is 0. The first-order valence-electron chi connectivity index (χ1n) is 10.9. The number of hydrogen-bond donors (Lipinski definition) is 2. The number of rotatable bonds is 10. The number of nitrogens with one attached hydrogen (secondary N) is 2. The number of nitrogens with zero attached hydrogens (tertiary/aromatic N) is 6. The lowest BCUT2D eigenvalue weighted by molar-refractivity contribution is 0.0537. The van der Waals surface area contributed by atoms with Gasteiger partial charge in [0.25, 0.3) is 5.91 Å². The minimum atomic E-state index is -0.328. The van der Waals surface area contributed by atoms with E-state index in [0.717, 1.165) is 30.9 Å². The summed E-state index contributed by atoms with van der Waals surface area (Å²) in [7, 11) is 9.42. The first-order chi connectivity index (χ1) is 15.4. The highest BCUT2D eigenvalue weighted by molar-refractivity contribution is 5.94. The number of anilines is 4. The Morgan fingerprint density at radius 2 is 1.64 bits per heavy atom. The molecule has 10 nitrogen and oxygen atoms in total. The van der Waals surface area contributed by atoms with Crippen LogP contribution in [0.2, 0.25) is 0 Å². The van der Waals surface area contributed by atoms with E-state index in [9.17, 15) is 4.79 Å². The molecule has 1 aromatic carbocycles. The highest BCUT2D eigenvalue weighted by Crippen LogP contribution is 2.24. The summed E-state index contributed by atoms with van der Waals surface area (Å²) in [6.07, 6.45) is 0. The Morgan fingerprint density at radius 3 is 2.21 bits per heavy atom. The zero-order valence-electron chi connectivity index (χ0n) is 21.4. The number of carbonyl (C=O) groups excluding carboxylic acids is 1. The molecule has 182 valence electrons. The number of aromatic nitrogens is 3. The van der Waals surface area contributed by atoms with Crippen molar-refractivity contribution in [3.63, 3.8) is 0 Å².